The average Bonchev–Trinajstić information content (AvgIpc) is 3.13. The zero-order valence-corrected chi connectivity index (χ0v) is 21.7. The van der Waals surface area contributed by atoms with Gasteiger partial charge < -0.3 is 18.9 Å². The molecule has 1 fully saturated rings. The van der Waals surface area contributed by atoms with Crippen molar-refractivity contribution in [1.29, 1.82) is 0 Å². The topological polar surface area (TPSA) is 186 Å². The minimum absolute atomic E-state index is 0.0648. The van der Waals surface area contributed by atoms with Crippen LogP contribution in [-0.4, -0.2) is 67.4 Å². The van der Waals surface area contributed by atoms with Crippen molar-refractivity contribution in [2.75, 3.05) is 13.2 Å². The van der Waals surface area contributed by atoms with Crippen molar-refractivity contribution in [2.45, 2.75) is 57.1 Å². The van der Waals surface area contributed by atoms with Gasteiger partial charge in [-0.25, -0.2) is 9.59 Å². The molecule has 0 amide bonds. The van der Waals surface area contributed by atoms with Crippen LogP contribution in [0.3, 0.4) is 0 Å². The number of hydrogen-bond acceptors (Lipinski definition) is 12. The first kappa shape index (κ1) is 28.7. The fourth-order valence-electron chi connectivity index (χ4n) is 3.63. The normalized spacial score (nSPS) is 21.1. The minimum atomic E-state index is -4.48. The van der Waals surface area contributed by atoms with E-state index in [0.29, 0.717) is 0 Å². The Labute approximate surface area is 216 Å². The van der Waals surface area contributed by atoms with Gasteiger partial charge >= 0.3 is 23.6 Å². The molecule has 1 saturated heterocycles. The molecule has 15 heteroatoms. The number of rotatable bonds is 9. The molecule has 2 heterocycles. The maximum absolute atomic E-state index is 13.1. The summed E-state index contributed by atoms with van der Waals surface area (Å²) in [6.07, 6.45) is -5.35. The first-order valence-corrected chi connectivity index (χ1v) is 12.7. The highest BCUT2D eigenvalue weighted by atomic mass is 32.2. The van der Waals surface area contributed by atoms with Gasteiger partial charge in [-0.1, -0.05) is 17.7 Å². The predicted octanol–water partition coefficient (Wildman–Crippen LogP) is 0.188. The Hall–Kier alpha value is -3.82. The van der Waals surface area contributed by atoms with Gasteiger partial charge in [0.15, 0.2) is 12.3 Å². The summed E-state index contributed by atoms with van der Waals surface area (Å²) >= 11 is 0. The molecule has 3 rings (SSSR count). The Balaban J connectivity index is 2.10. The Kier molecular flexibility index (Phi) is 8.85. The van der Waals surface area contributed by atoms with Gasteiger partial charge in [-0.3, -0.25) is 28.1 Å². The number of aromatic nitrogens is 2. The second kappa shape index (κ2) is 11.7. The molecule has 1 aliphatic heterocycles. The molecule has 38 heavy (non-hydrogen) atoms. The fraction of sp³-hybridized carbons (Fsp3) is 0.435. The van der Waals surface area contributed by atoms with Crippen LogP contribution in [0.5, 0.6) is 0 Å². The van der Waals surface area contributed by atoms with Gasteiger partial charge in [-0.2, -0.15) is 8.42 Å². The Morgan fingerprint density at radius 2 is 1.68 bits per heavy atom. The molecule has 1 N–H and O–H groups in total. The zero-order valence-electron chi connectivity index (χ0n) is 20.9. The maximum atomic E-state index is 13.1. The van der Waals surface area contributed by atoms with Crippen molar-refractivity contribution < 1.29 is 45.9 Å². The molecule has 4 atom stereocenters. The van der Waals surface area contributed by atoms with Crippen LogP contribution in [0.1, 0.15) is 42.9 Å². The third kappa shape index (κ3) is 6.54. The Morgan fingerprint density at radius 1 is 1.03 bits per heavy atom. The van der Waals surface area contributed by atoms with Crippen LogP contribution < -0.4 is 11.2 Å². The number of carbonyl (C=O) groups excluding carboxylic acids is 3. The van der Waals surface area contributed by atoms with Crippen LogP contribution in [0.4, 0.5) is 0 Å². The summed E-state index contributed by atoms with van der Waals surface area (Å²) in [4.78, 5) is 62.3. The number of benzene rings is 1. The van der Waals surface area contributed by atoms with E-state index in [2.05, 4.69) is 0 Å². The fourth-order valence-corrected chi connectivity index (χ4v) is 4.74. The predicted molar refractivity (Wildman–Crippen MR) is 127 cm³/mol. The van der Waals surface area contributed by atoms with Crippen LogP contribution in [0.15, 0.2) is 44.9 Å². The van der Waals surface area contributed by atoms with Crippen molar-refractivity contribution in [3.8, 4) is 0 Å². The lowest BCUT2D eigenvalue weighted by atomic mass is 10.1. The number of carbonyl (C=O) groups is 3. The zero-order chi connectivity index (χ0) is 28.2. The van der Waals surface area contributed by atoms with Crippen molar-refractivity contribution in [2.24, 2.45) is 0 Å². The lowest BCUT2D eigenvalue weighted by molar-refractivity contribution is -0.155. The molecule has 0 saturated carbocycles. The molecule has 206 valence electrons. The molecular formula is C23H26N2O12S. The third-order valence-electron chi connectivity index (χ3n) is 5.32. The molecule has 1 aromatic heterocycles. The first-order valence-electron chi connectivity index (χ1n) is 11.3. The summed E-state index contributed by atoms with van der Waals surface area (Å²) in [7, 11) is -4.48. The van der Waals surface area contributed by atoms with Gasteiger partial charge in [0.05, 0.1) is 11.5 Å². The second-order valence-electron chi connectivity index (χ2n) is 8.20. The molecule has 0 radical (unpaired) electrons. The lowest BCUT2D eigenvalue weighted by Gasteiger charge is -2.24. The number of nitrogens with one attached hydrogen (secondary N) is 1. The van der Waals surface area contributed by atoms with Crippen molar-refractivity contribution in [3.05, 3.63) is 62.4 Å². The standard InChI is InChI=1S/C23H26N2O12S/c1-5-33-22(29)16-10-25(23(30)24-20(16)28)21-19(35-14(4)27)18(17(36-21)11-34-13(3)26)37-38(31,32)15-8-6-12(2)7-9-15/h6-10,17-19,21H,5,11H2,1-4H3,(H,24,28,30)/t17-,18+,19-,21-/m1/s1. The summed E-state index contributed by atoms with van der Waals surface area (Å²) in [5.74, 6) is -2.66. The molecule has 2 aromatic rings. The summed E-state index contributed by atoms with van der Waals surface area (Å²) in [6.45, 7) is 4.79. The largest absolute Gasteiger partial charge is 0.463 e. The van der Waals surface area contributed by atoms with E-state index >= 15 is 0 Å². The van der Waals surface area contributed by atoms with E-state index in [-0.39, 0.29) is 11.5 Å². The molecule has 0 bridgehead atoms. The molecular weight excluding hydrogens is 528 g/mol. The van der Waals surface area contributed by atoms with Gasteiger partial charge in [-0.15, -0.1) is 0 Å². The summed E-state index contributed by atoms with van der Waals surface area (Å²) in [5, 5.41) is 0. The van der Waals surface area contributed by atoms with Crippen LogP contribution in [0, 0.1) is 6.92 Å². The van der Waals surface area contributed by atoms with Crippen molar-refractivity contribution >= 4 is 28.0 Å². The number of hydrogen-bond donors (Lipinski definition) is 1. The summed E-state index contributed by atoms with van der Waals surface area (Å²) in [5.41, 5.74) is -1.89. The van der Waals surface area contributed by atoms with Gasteiger partial charge in [0.25, 0.3) is 15.7 Å². The van der Waals surface area contributed by atoms with Crippen LogP contribution in [-0.2, 0) is 42.8 Å². The highest BCUT2D eigenvalue weighted by Crippen LogP contribution is 2.35. The highest BCUT2D eigenvalue weighted by Gasteiger charge is 2.52. The first-order chi connectivity index (χ1) is 17.8. The van der Waals surface area contributed by atoms with Crippen LogP contribution >= 0.6 is 0 Å². The van der Waals surface area contributed by atoms with E-state index in [1.54, 1.807) is 19.1 Å². The minimum Gasteiger partial charge on any atom is -0.463 e. The van der Waals surface area contributed by atoms with E-state index in [9.17, 15) is 32.4 Å². The summed E-state index contributed by atoms with van der Waals surface area (Å²) in [6, 6.07) is 5.69. The number of H-pyrrole nitrogens is 1. The number of aromatic amines is 1. The SMILES string of the molecule is CCOC(=O)c1cn([C@@H]2O[C@H](COC(C)=O)[C@H](OS(=O)(=O)c3ccc(C)cc3)[C@H]2OC(C)=O)c(=O)[nH]c1=O. The average molecular weight is 555 g/mol. The van der Waals surface area contributed by atoms with Gasteiger partial charge in [0.2, 0.25) is 0 Å². The van der Waals surface area contributed by atoms with Crippen molar-refractivity contribution in [3.63, 3.8) is 0 Å². The van der Waals surface area contributed by atoms with E-state index in [1.807, 2.05) is 4.98 Å². The van der Waals surface area contributed by atoms with E-state index < -0.39 is 76.0 Å². The maximum Gasteiger partial charge on any atom is 0.345 e. The molecule has 1 aliphatic rings. The Morgan fingerprint density at radius 3 is 2.26 bits per heavy atom. The highest BCUT2D eigenvalue weighted by molar-refractivity contribution is 7.86. The van der Waals surface area contributed by atoms with Gasteiger partial charge in [-0.05, 0) is 26.0 Å². The summed E-state index contributed by atoms with van der Waals surface area (Å²) < 4.78 is 53.2. The lowest BCUT2D eigenvalue weighted by Crippen LogP contribution is -2.43. The molecule has 14 nitrogen and oxygen atoms in total. The van der Waals surface area contributed by atoms with Crippen LogP contribution in [0.25, 0.3) is 0 Å². The quantitative estimate of drug-likeness (QED) is 0.252. The van der Waals surface area contributed by atoms with Crippen LogP contribution in [0.2, 0.25) is 0 Å². The smallest absolute Gasteiger partial charge is 0.345 e. The van der Waals surface area contributed by atoms with E-state index in [4.69, 9.17) is 23.1 Å². The van der Waals surface area contributed by atoms with E-state index in [0.717, 1.165) is 30.2 Å². The molecule has 0 unspecified atom stereocenters. The molecule has 0 aliphatic carbocycles. The van der Waals surface area contributed by atoms with Gasteiger partial charge in [0.1, 0.15) is 24.4 Å². The van der Waals surface area contributed by atoms with Gasteiger partial charge in [0, 0.05) is 20.0 Å². The molecule has 1 aromatic carbocycles. The second-order valence-corrected chi connectivity index (χ2v) is 9.77. The number of aryl methyl sites for hydroxylation is 1. The van der Waals surface area contributed by atoms with Crippen molar-refractivity contribution in [1.82, 2.24) is 9.55 Å². The third-order valence-corrected chi connectivity index (χ3v) is 6.65. The monoisotopic (exact) mass is 554 g/mol. The Bertz CT molecular complexity index is 1430. The number of ether oxygens (including phenoxy) is 4. The van der Waals surface area contributed by atoms with E-state index in [1.165, 1.54) is 19.1 Å². The molecule has 0 spiro atoms. The number of nitrogens with zero attached hydrogens (tertiary/aromatic N) is 1. The number of esters is 3.